The SMILES string of the molecule is CCNCc1cn(CCCS(C)(=O)=O)nc1C. The second-order valence-electron chi connectivity index (χ2n) is 4.27. The highest BCUT2D eigenvalue weighted by atomic mass is 32.2. The first-order valence-electron chi connectivity index (χ1n) is 5.83. The first-order valence-corrected chi connectivity index (χ1v) is 7.90. The molecule has 6 heteroatoms. The molecule has 0 unspecified atom stereocenters. The maximum absolute atomic E-state index is 11.0. The van der Waals surface area contributed by atoms with Crippen molar-refractivity contribution >= 4 is 9.84 Å². The Morgan fingerprint density at radius 1 is 1.47 bits per heavy atom. The molecule has 0 saturated heterocycles. The zero-order valence-corrected chi connectivity index (χ0v) is 11.5. The van der Waals surface area contributed by atoms with Crippen LogP contribution in [0.15, 0.2) is 6.20 Å². The van der Waals surface area contributed by atoms with E-state index in [1.165, 1.54) is 11.8 Å². The molecule has 0 radical (unpaired) electrons. The maximum atomic E-state index is 11.0. The molecule has 0 aliphatic rings. The fraction of sp³-hybridized carbons (Fsp3) is 0.727. The lowest BCUT2D eigenvalue weighted by Gasteiger charge is -2.00. The molecule has 1 aromatic heterocycles. The van der Waals surface area contributed by atoms with E-state index in [1.807, 2.05) is 17.8 Å². The number of rotatable bonds is 7. The molecule has 0 atom stereocenters. The van der Waals surface area contributed by atoms with Gasteiger partial charge in [-0.25, -0.2) is 8.42 Å². The first kappa shape index (κ1) is 14.2. The van der Waals surface area contributed by atoms with Gasteiger partial charge < -0.3 is 5.32 Å². The summed E-state index contributed by atoms with van der Waals surface area (Å²) in [6.45, 7) is 6.43. The minimum Gasteiger partial charge on any atom is -0.313 e. The highest BCUT2D eigenvalue weighted by molar-refractivity contribution is 7.90. The van der Waals surface area contributed by atoms with E-state index in [0.717, 1.165) is 18.8 Å². The third kappa shape index (κ3) is 5.32. The van der Waals surface area contributed by atoms with Gasteiger partial charge in [0.25, 0.3) is 0 Å². The molecule has 1 N–H and O–H groups in total. The van der Waals surface area contributed by atoms with E-state index in [9.17, 15) is 8.42 Å². The summed E-state index contributed by atoms with van der Waals surface area (Å²) in [5, 5.41) is 7.61. The number of aromatic nitrogens is 2. The zero-order valence-electron chi connectivity index (χ0n) is 10.7. The second-order valence-corrected chi connectivity index (χ2v) is 6.53. The molecule has 0 aromatic carbocycles. The van der Waals surface area contributed by atoms with Gasteiger partial charge in [0.15, 0.2) is 0 Å². The third-order valence-electron chi connectivity index (χ3n) is 2.52. The zero-order chi connectivity index (χ0) is 12.9. The van der Waals surface area contributed by atoms with E-state index in [0.29, 0.717) is 13.0 Å². The summed E-state index contributed by atoms with van der Waals surface area (Å²) in [5.74, 6) is 0.217. The van der Waals surface area contributed by atoms with Crippen LogP contribution in [0.1, 0.15) is 24.6 Å². The van der Waals surface area contributed by atoms with Gasteiger partial charge in [0, 0.05) is 31.1 Å². The fourth-order valence-electron chi connectivity index (χ4n) is 1.60. The fourth-order valence-corrected chi connectivity index (χ4v) is 2.25. The van der Waals surface area contributed by atoms with Crippen molar-refractivity contribution in [1.82, 2.24) is 15.1 Å². The lowest BCUT2D eigenvalue weighted by molar-refractivity contribution is 0.574. The quantitative estimate of drug-likeness (QED) is 0.784. The molecule has 5 nitrogen and oxygen atoms in total. The van der Waals surface area contributed by atoms with E-state index in [2.05, 4.69) is 17.3 Å². The molecule has 0 spiro atoms. The molecule has 0 aliphatic carbocycles. The number of nitrogens with one attached hydrogen (secondary N) is 1. The average molecular weight is 259 g/mol. The molecular formula is C11H21N3O2S. The van der Waals surface area contributed by atoms with Crippen LogP contribution in [0.2, 0.25) is 0 Å². The molecular weight excluding hydrogens is 238 g/mol. The Labute approximate surface area is 103 Å². The third-order valence-corrected chi connectivity index (χ3v) is 3.55. The summed E-state index contributed by atoms with van der Waals surface area (Å²) in [5.41, 5.74) is 2.18. The lowest BCUT2D eigenvalue weighted by atomic mass is 10.2. The van der Waals surface area contributed by atoms with Crippen molar-refractivity contribution in [2.75, 3.05) is 18.6 Å². The second kappa shape index (κ2) is 6.16. The predicted molar refractivity (Wildman–Crippen MR) is 68.7 cm³/mol. The van der Waals surface area contributed by atoms with Gasteiger partial charge in [-0.05, 0) is 19.9 Å². The number of hydrogen-bond acceptors (Lipinski definition) is 4. The van der Waals surface area contributed by atoms with E-state index in [1.54, 1.807) is 0 Å². The maximum Gasteiger partial charge on any atom is 0.147 e. The van der Waals surface area contributed by atoms with Crippen LogP contribution in [0.5, 0.6) is 0 Å². The van der Waals surface area contributed by atoms with Crippen LogP contribution in [-0.4, -0.2) is 36.8 Å². The Morgan fingerprint density at radius 2 is 2.18 bits per heavy atom. The standard InChI is InChI=1S/C11H21N3O2S/c1-4-12-8-11-9-14(13-10(11)2)6-5-7-17(3,15)16/h9,12H,4-8H2,1-3H3. The monoisotopic (exact) mass is 259 g/mol. The van der Waals surface area contributed by atoms with Crippen LogP contribution in [-0.2, 0) is 22.9 Å². The summed E-state index contributed by atoms with van der Waals surface area (Å²) >= 11 is 0. The van der Waals surface area contributed by atoms with Gasteiger partial charge in [-0.2, -0.15) is 5.10 Å². The Hall–Kier alpha value is -0.880. The van der Waals surface area contributed by atoms with Gasteiger partial charge >= 0.3 is 0 Å². The van der Waals surface area contributed by atoms with Gasteiger partial charge in [-0.15, -0.1) is 0 Å². The number of sulfone groups is 1. The van der Waals surface area contributed by atoms with Crippen LogP contribution < -0.4 is 5.32 Å². The summed E-state index contributed by atoms with van der Waals surface area (Å²) in [4.78, 5) is 0. The average Bonchev–Trinajstić information content (AvgIpc) is 2.54. The van der Waals surface area contributed by atoms with Gasteiger partial charge in [-0.3, -0.25) is 4.68 Å². The normalized spacial score (nSPS) is 11.9. The largest absolute Gasteiger partial charge is 0.313 e. The molecule has 1 aromatic rings. The van der Waals surface area contributed by atoms with Crippen molar-refractivity contribution < 1.29 is 8.42 Å². The van der Waals surface area contributed by atoms with Gasteiger partial charge in [0.05, 0.1) is 11.4 Å². The number of aryl methyl sites for hydroxylation is 2. The van der Waals surface area contributed by atoms with Crippen LogP contribution in [0.3, 0.4) is 0 Å². The Bertz CT molecular complexity index is 451. The van der Waals surface area contributed by atoms with Crippen molar-refractivity contribution in [2.45, 2.75) is 33.4 Å². The predicted octanol–water partition coefficient (Wildman–Crippen LogP) is 0.736. The van der Waals surface area contributed by atoms with Crippen molar-refractivity contribution in [1.29, 1.82) is 0 Å². The molecule has 0 amide bonds. The Balaban J connectivity index is 2.49. The van der Waals surface area contributed by atoms with Crippen LogP contribution in [0.4, 0.5) is 0 Å². The molecule has 1 heterocycles. The molecule has 0 bridgehead atoms. The topological polar surface area (TPSA) is 64.0 Å². The minimum atomic E-state index is -2.87. The highest BCUT2D eigenvalue weighted by Gasteiger charge is 2.06. The van der Waals surface area contributed by atoms with Gasteiger partial charge in [0.2, 0.25) is 0 Å². The molecule has 0 fully saturated rings. The minimum absolute atomic E-state index is 0.217. The van der Waals surface area contributed by atoms with E-state index < -0.39 is 9.84 Å². The molecule has 0 aliphatic heterocycles. The van der Waals surface area contributed by atoms with Crippen LogP contribution in [0.25, 0.3) is 0 Å². The van der Waals surface area contributed by atoms with Crippen LogP contribution >= 0.6 is 0 Å². The summed E-state index contributed by atoms with van der Waals surface area (Å²) < 4.78 is 23.8. The smallest absolute Gasteiger partial charge is 0.147 e. The van der Waals surface area contributed by atoms with E-state index in [-0.39, 0.29) is 5.75 Å². The summed E-state index contributed by atoms with van der Waals surface area (Å²) in [7, 11) is -2.87. The summed E-state index contributed by atoms with van der Waals surface area (Å²) in [6, 6.07) is 0. The van der Waals surface area contributed by atoms with E-state index in [4.69, 9.17) is 0 Å². The van der Waals surface area contributed by atoms with Crippen molar-refractivity contribution in [3.05, 3.63) is 17.5 Å². The molecule has 1 rings (SSSR count). The molecule has 98 valence electrons. The van der Waals surface area contributed by atoms with Crippen molar-refractivity contribution in [2.24, 2.45) is 0 Å². The lowest BCUT2D eigenvalue weighted by Crippen LogP contribution is -2.11. The Morgan fingerprint density at radius 3 is 2.76 bits per heavy atom. The highest BCUT2D eigenvalue weighted by Crippen LogP contribution is 2.06. The van der Waals surface area contributed by atoms with E-state index >= 15 is 0 Å². The Kier molecular flexibility index (Phi) is 5.14. The molecule has 0 saturated carbocycles. The van der Waals surface area contributed by atoms with Gasteiger partial charge in [-0.1, -0.05) is 6.92 Å². The first-order chi connectivity index (χ1) is 7.92. The molecule has 17 heavy (non-hydrogen) atoms. The number of hydrogen-bond donors (Lipinski definition) is 1. The summed E-state index contributed by atoms with van der Waals surface area (Å²) in [6.07, 6.45) is 3.86. The van der Waals surface area contributed by atoms with Crippen molar-refractivity contribution in [3.8, 4) is 0 Å². The van der Waals surface area contributed by atoms with Crippen molar-refractivity contribution in [3.63, 3.8) is 0 Å². The van der Waals surface area contributed by atoms with Gasteiger partial charge in [0.1, 0.15) is 9.84 Å². The van der Waals surface area contributed by atoms with Crippen LogP contribution in [0, 0.1) is 6.92 Å². The number of nitrogens with zero attached hydrogens (tertiary/aromatic N) is 2.